The summed E-state index contributed by atoms with van der Waals surface area (Å²) in [5.74, 6) is 3.27. The van der Waals surface area contributed by atoms with Crippen LogP contribution in [0.5, 0.6) is 0 Å². The number of ether oxygens (including phenoxy) is 1. The second-order valence-electron chi connectivity index (χ2n) is 7.93. The number of hydrogen-bond donors (Lipinski definition) is 0. The summed E-state index contributed by atoms with van der Waals surface area (Å²) in [6.45, 7) is 16.0. The Kier molecular flexibility index (Phi) is 5.70. The fourth-order valence-electron chi connectivity index (χ4n) is 3.38. The van der Waals surface area contributed by atoms with Crippen molar-refractivity contribution >= 4 is 0 Å². The Morgan fingerprint density at radius 3 is 2.22 bits per heavy atom. The zero-order chi connectivity index (χ0) is 13.9. The summed E-state index contributed by atoms with van der Waals surface area (Å²) in [6.07, 6.45) is 5.85. The largest absolute Gasteiger partial charge is 0.372 e. The molecule has 1 fully saturated rings. The van der Waals surface area contributed by atoms with Gasteiger partial charge < -0.3 is 4.74 Å². The standard InChI is InChI=1S/C17H34O/c1-12(2)10-14(4)15-9-8-13(3)16(11-15)18-17(5,6)7/h12-16H,8-11H2,1-7H3/t13-,14+,15?,16?/m0/s1. The first-order valence-corrected chi connectivity index (χ1v) is 7.87. The van der Waals surface area contributed by atoms with Crippen molar-refractivity contribution in [2.24, 2.45) is 23.7 Å². The van der Waals surface area contributed by atoms with E-state index < -0.39 is 0 Å². The lowest BCUT2D eigenvalue weighted by atomic mass is 9.73. The van der Waals surface area contributed by atoms with Gasteiger partial charge in [-0.1, -0.05) is 27.7 Å². The van der Waals surface area contributed by atoms with Gasteiger partial charge in [-0.3, -0.25) is 0 Å². The highest BCUT2D eigenvalue weighted by molar-refractivity contribution is 4.83. The molecule has 0 spiro atoms. The predicted molar refractivity (Wildman–Crippen MR) is 79.8 cm³/mol. The molecule has 1 rings (SSSR count). The number of hydrogen-bond acceptors (Lipinski definition) is 1. The maximum absolute atomic E-state index is 6.28. The first-order chi connectivity index (χ1) is 8.19. The molecule has 2 unspecified atom stereocenters. The third-order valence-corrected chi connectivity index (χ3v) is 4.32. The van der Waals surface area contributed by atoms with Crippen molar-refractivity contribution in [3.63, 3.8) is 0 Å². The molecule has 0 aromatic rings. The van der Waals surface area contributed by atoms with Crippen molar-refractivity contribution in [3.8, 4) is 0 Å². The van der Waals surface area contributed by atoms with Crippen molar-refractivity contribution in [3.05, 3.63) is 0 Å². The van der Waals surface area contributed by atoms with Gasteiger partial charge in [-0.2, -0.15) is 0 Å². The summed E-state index contributed by atoms with van der Waals surface area (Å²) in [5.41, 5.74) is 0.00209. The zero-order valence-electron chi connectivity index (χ0n) is 13.6. The van der Waals surface area contributed by atoms with Crippen LogP contribution in [0, 0.1) is 23.7 Å². The first-order valence-electron chi connectivity index (χ1n) is 7.87. The average Bonchev–Trinajstić information content (AvgIpc) is 2.18. The summed E-state index contributed by atoms with van der Waals surface area (Å²) in [7, 11) is 0. The van der Waals surface area contributed by atoms with Crippen LogP contribution in [0.3, 0.4) is 0 Å². The fourth-order valence-corrected chi connectivity index (χ4v) is 3.38. The van der Waals surface area contributed by atoms with Crippen LogP contribution in [0.4, 0.5) is 0 Å². The second kappa shape index (κ2) is 6.41. The Bertz CT molecular complexity index is 238. The molecule has 0 aromatic carbocycles. The van der Waals surface area contributed by atoms with Gasteiger partial charge in [0.2, 0.25) is 0 Å². The quantitative estimate of drug-likeness (QED) is 0.662. The molecule has 0 bridgehead atoms. The smallest absolute Gasteiger partial charge is 0.0610 e. The van der Waals surface area contributed by atoms with Crippen LogP contribution in [0.25, 0.3) is 0 Å². The van der Waals surface area contributed by atoms with Gasteiger partial charge in [-0.05, 0) is 70.1 Å². The van der Waals surface area contributed by atoms with E-state index in [1.807, 2.05) is 0 Å². The van der Waals surface area contributed by atoms with E-state index >= 15 is 0 Å². The maximum Gasteiger partial charge on any atom is 0.0610 e. The van der Waals surface area contributed by atoms with E-state index in [-0.39, 0.29) is 5.60 Å². The molecular weight excluding hydrogens is 220 g/mol. The Labute approximate surface area is 115 Å². The van der Waals surface area contributed by atoms with E-state index in [1.165, 1.54) is 25.7 Å². The summed E-state index contributed by atoms with van der Waals surface area (Å²) < 4.78 is 6.28. The lowest BCUT2D eigenvalue weighted by molar-refractivity contribution is -0.108. The predicted octanol–water partition coefficient (Wildman–Crippen LogP) is 5.29. The average molecular weight is 254 g/mol. The van der Waals surface area contributed by atoms with Crippen molar-refractivity contribution < 1.29 is 4.74 Å². The van der Waals surface area contributed by atoms with Crippen LogP contribution < -0.4 is 0 Å². The Morgan fingerprint density at radius 2 is 1.72 bits per heavy atom. The molecule has 1 heteroatoms. The SMILES string of the molecule is CC(C)C[C@@H](C)C1CC[C@H](C)C(OC(C)(C)C)C1. The fraction of sp³-hybridized carbons (Fsp3) is 1.00. The second-order valence-corrected chi connectivity index (χ2v) is 7.93. The summed E-state index contributed by atoms with van der Waals surface area (Å²) in [5, 5.41) is 0. The molecule has 4 atom stereocenters. The minimum absolute atomic E-state index is 0.00209. The molecule has 1 aliphatic carbocycles. The maximum atomic E-state index is 6.28. The van der Waals surface area contributed by atoms with Crippen LogP contribution in [-0.2, 0) is 4.74 Å². The van der Waals surface area contributed by atoms with Gasteiger partial charge in [-0.15, -0.1) is 0 Å². The molecule has 0 heterocycles. The third-order valence-electron chi connectivity index (χ3n) is 4.32. The van der Waals surface area contributed by atoms with E-state index in [0.717, 1.165) is 23.7 Å². The molecule has 1 aliphatic rings. The van der Waals surface area contributed by atoms with Gasteiger partial charge in [0.05, 0.1) is 11.7 Å². The Hall–Kier alpha value is -0.0400. The summed E-state index contributed by atoms with van der Waals surface area (Å²) in [6, 6.07) is 0. The molecule has 0 aromatic heterocycles. The molecule has 18 heavy (non-hydrogen) atoms. The molecule has 0 N–H and O–H groups in total. The van der Waals surface area contributed by atoms with Crippen LogP contribution in [-0.4, -0.2) is 11.7 Å². The van der Waals surface area contributed by atoms with E-state index in [1.54, 1.807) is 0 Å². The van der Waals surface area contributed by atoms with E-state index in [9.17, 15) is 0 Å². The molecule has 108 valence electrons. The minimum atomic E-state index is 0.00209. The monoisotopic (exact) mass is 254 g/mol. The van der Waals surface area contributed by atoms with Gasteiger partial charge in [-0.25, -0.2) is 0 Å². The highest BCUT2D eigenvalue weighted by atomic mass is 16.5. The molecule has 0 radical (unpaired) electrons. The lowest BCUT2D eigenvalue weighted by Gasteiger charge is -2.40. The normalized spacial score (nSPS) is 31.7. The van der Waals surface area contributed by atoms with Crippen molar-refractivity contribution in [1.82, 2.24) is 0 Å². The van der Waals surface area contributed by atoms with E-state index in [2.05, 4.69) is 48.5 Å². The van der Waals surface area contributed by atoms with Crippen LogP contribution in [0.1, 0.15) is 74.1 Å². The molecule has 0 saturated heterocycles. The van der Waals surface area contributed by atoms with Crippen LogP contribution in [0.2, 0.25) is 0 Å². The molecule has 0 amide bonds. The lowest BCUT2D eigenvalue weighted by Crippen LogP contribution is -2.38. The van der Waals surface area contributed by atoms with E-state index in [0.29, 0.717) is 6.10 Å². The first kappa shape index (κ1) is 16.0. The van der Waals surface area contributed by atoms with Gasteiger partial charge in [0, 0.05) is 0 Å². The van der Waals surface area contributed by atoms with Gasteiger partial charge in [0.25, 0.3) is 0 Å². The molecule has 1 saturated carbocycles. The highest BCUT2D eigenvalue weighted by Gasteiger charge is 2.33. The Morgan fingerprint density at radius 1 is 1.11 bits per heavy atom. The van der Waals surface area contributed by atoms with Crippen molar-refractivity contribution in [2.75, 3.05) is 0 Å². The number of rotatable bonds is 4. The van der Waals surface area contributed by atoms with Gasteiger partial charge in [0.15, 0.2) is 0 Å². The zero-order valence-corrected chi connectivity index (χ0v) is 13.6. The summed E-state index contributed by atoms with van der Waals surface area (Å²) in [4.78, 5) is 0. The summed E-state index contributed by atoms with van der Waals surface area (Å²) >= 11 is 0. The topological polar surface area (TPSA) is 9.23 Å². The van der Waals surface area contributed by atoms with Crippen LogP contribution >= 0.6 is 0 Å². The van der Waals surface area contributed by atoms with E-state index in [4.69, 9.17) is 4.74 Å². The third kappa shape index (κ3) is 5.30. The highest BCUT2D eigenvalue weighted by Crippen LogP contribution is 2.38. The minimum Gasteiger partial charge on any atom is -0.372 e. The van der Waals surface area contributed by atoms with Gasteiger partial charge in [0.1, 0.15) is 0 Å². The molecular formula is C17H34O. The van der Waals surface area contributed by atoms with Gasteiger partial charge >= 0.3 is 0 Å². The van der Waals surface area contributed by atoms with Crippen LogP contribution in [0.15, 0.2) is 0 Å². The molecule has 1 nitrogen and oxygen atoms in total. The van der Waals surface area contributed by atoms with Crippen molar-refractivity contribution in [2.45, 2.75) is 85.9 Å². The van der Waals surface area contributed by atoms with Crippen molar-refractivity contribution in [1.29, 1.82) is 0 Å². The molecule has 0 aliphatic heterocycles. The Balaban J connectivity index is 2.54.